The van der Waals surface area contributed by atoms with Gasteiger partial charge in [-0.05, 0) is 30.2 Å². The molecule has 0 saturated heterocycles. The molecule has 0 radical (unpaired) electrons. The number of aromatic carboxylic acids is 1. The fourth-order valence-corrected chi connectivity index (χ4v) is 2.32. The molecule has 0 amide bonds. The molecule has 0 aliphatic rings. The molecule has 116 valence electrons. The maximum absolute atomic E-state index is 12.4. The molecule has 0 aliphatic carbocycles. The highest BCUT2D eigenvalue weighted by molar-refractivity contribution is 5.95. The van der Waals surface area contributed by atoms with Crippen molar-refractivity contribution >= 4 is 5.97 Å². The second kappa shape index (κ2) is 6.93. The minimum absolute atomic E-state index is 0.202. The van der Waals surface area contributed by atoms with E-state index in [-0.39, 0.29) is 5.56 Å². The lowest BCUT2D eigenvalue weighted by Crippen LogP contribution is -2.27. The maximum Gasteiger partial charge on any atom is 0.341 e. The Morgan fingerprint density at radius 1 is 1.32 bits per heavy atom. The van der Waals surface area contributed by atoms with Crippen molar-refractivity contribution in [3.05, 3.63) is 52.4 Å². The van der Waals surface area contributed by atoms with Crippen LogP contribution in [0.15, 0.2) is 41.3 Å². The summed E-state index contributed by atoms with van der Waals surface area (Å²) < 4.78 is 6.61. The van der Waals surface area contributed by atoms with Crippen molar-refractivity contribution in [2.75, 3.05) is 7.11 Å². The maximum atomic E-state index is 12.4. The van der Waals surface area contributed by atoms with E-state index in [1.807, 2.05) is 6.92 Å². The zero-order valence-electron chi connectivity index (χ0n) is 12.7. The fourth-order valence-electron chi connectivity index (χ4n) is 2.32. The number of carboxylic acid groups (broad SMARTS) is 1. The highest BCUT2D eigenvalue weighted by atomic mass is 16.5. The number of carboxylic acids is 1. The Labute approximate surface area is 128 Å². The summed E-state index contributed by atoms with van der Waals surface area (Å²) >= 11 is 0. The normalized spacial score (nSPS) is 10.5. The molecule has 0 unspecified atom stereocenters. The summed E-state index contributed by atoms with van der Waals surface area (Å²) in [4.78, 5) is 24.0. The third-order valence-electron chi connectivity index (χ3n) is 3.51. The molecule has 1 aromatic carbocycles. The highest BCUT2D eigenvalue weighted by Crippen LogP contribution is 2.25. The number of carbonyl (C=O) groups is 1. The van der Waals surface area contributed by atoms with Gasteiger partial charge in [0.05, 0.1) is 7.11 Å². The van der Waals surface area contributed by atoms with Gasteiger partial charge in [0.15, 0.2) is 0 Å². The van der Waals surface area contributed by atoms with Crippen LogP contribution in [-0.2, 0) is 6.54 Å². The second-order valence-electron chi connectivity index (χ2n) is 4.99. The van der Waals surface area contributed by atoms with Crippen LogP contribution in [0.2, 0.25) is 0 Å². The smallest absolute Gasteiger partial charge is 0.341 e. The van der Waals surface area contributed by atoms with Crippen molar-refractivity contribution in [1.82, 2.24) is 4.57 Å². The lowest BCUT2D eigenvalue weighted by atomic mass is 10.0. The average Bonchev–Trinajstić information content (AvgIpc) is 2.53. The first kappa shape index (κ1) is 15.8. The van der Waals surface area contributed by atoms with Gasteiger partial charge in [0.2, 0.25) is 0 Å². The Morgan fingerprint density at radius 2 is 2.09 bits per heavy atom. The van der Waals surface area contributed by atoms with Gasteiger partial charge in [0.25, 0.3) is 5.56 Å². The van der Waals surface area contributed by atoms with Crippen LogP contribution in [0, 0.1) is 0 Å². The number of nitrogens with zero attached hydrogens (tertiary/aromatic N) is 1. The number of aryl methyl sites for hydroxylation is 1. The van der Waals surface area contributed by atoms with E-state index in [9.17, 15) is 14.7 Å². The number of rotatable bonds is 6. The van der Waals surface area contributed by atoms with Gasteiger partial charge in [0, 0.05) is 18.3 Å². The number of methoxy groups -OCH3 is 1. The largest absolute Gasteiger partial charge is 0.497 e. The van der Waals surface area contributed by atoms with Crippen LogP contribution >= 0.6 is 0 Å². The number of hydrogen-bond donors (Lipinski definition) is 1. The summed E-state index contributed by atoms with van der Waals surface area (Å²) in [5, 5.41) is 9.44. The van der Waals surface area contributed by atoms with Gasteiger partial charge >= 0.3 is 5.97 Å². The van der Waals surface area contributed by atoms with E-state index in [1.165, 1.54) is 4.57 Å². The van der Waals surface area contributed by atoms with Gasteiger partial charge in [-0.15, -0.1) is 0 Å². The first-order valence-corrected chi connectivity index (χ1v) is 7.19. The quantitative estimate of drug-likeness (QED) is 0.890. The Hall–Kier alpha value is -2.56. The SMILES string of the molecule is CCCCn1ccc(-c2cccc(OC)c2)c(C(=O)O)c1=O. The van der Waals surface area contributed by atoms with Crippen LogP contribution in [0.5, 0.6) is 5.75 Å². The topological polar surface area (TPSA) is 68.5 Å². The van der Waals surface area contributed by atoms with E-state index in [2.05, 4.69) is 0 Å². The zero-order valence-corrected chi connectivity index (χ0v) is 12.7. The van der Waals surface area contributed by atoms with Crippen LogP contribution in [0.4, 0.5) is 0 Å². The first-order valence-electron chi connectivity index (χ1n) is 7.19. The molecular formula is C17H19NO4. The monoisotopic (exact) mass is 301 g/mol. The number of hydrogen-bond acceptors (Lipinski definition) is 3. The predicted octanol–water partition coefficient (Wildman–Crippen LogP) is 3.02. The number of benzene rings is 1. The third-order valence-corrected chi connectivity index (χ3v) is 3.51. The molecule has 5 heteroatoms. The molecule has 0 fully saturated rings. The molecule has 0 bridgehead atoms. The molecule has 0 saturated carbocycles. The van der Waals surface area contributed by atoms with Crippen molar-refractivity contribution in [2.45, 2.75) is 26.3 Å². The van der Waals surface area contributed by atoms with Gasteiger partial charge in [-0.1, -0.05) is 25.5 Å². The van der Waals surface area contributed by atoms with Crippen molar-refractivity contribution in [2.24, 2.45) is 0 Å². The Bertz CT molecular complexity index is 734. The predicted molar refractivity (Wildman–Crippen MR) is 84.6 cm³/mol. The van der Waals surface area contributed by atoms with E-state index in [0.29, 0.717) is 23.4 Å². The first-order chi connectivity index (χ1) is 10.6. The Morgan fingerprint density at radius 3 is 2.73 bits per heavy atom. The van der Waals surface area contributed by atoms with Crippen LogP contribution in [-0.4, -0.2) is 22.8 Å². The van der Waals surface area contributed by atoms with E-state index in [4.69, 9.17) is 4.74 Å². The molecule has 0 aliphatic heterocycles. The van der Waals surface area contributed by atoms with E-state index >= 15 is 0 Å². The summed E-state index contributed by atoms with van der Waals surface area (Å²) in [5.41, 5.74) is 0.383. The molecular weight excluding hydrogens is 282 g/mol. The van der Waals surface area contributed by atoms with E-state index in [0.717, 1.165) is 12.8 Å². The standard InChI is InChI=1S/C17H19NO4/c1-3-4-9-18-10-8-14(15(16(18)19)17(20)21)12-6-5-7-13(11-12)22-2/h5-8,10-11H,3-4,9H2,1-2H3,(H,20,21). The van der Waals surface area contributed by atoms with Crippen molar-refractivity contribution in [3.63, 3.8) is 0 Å². The van der Waals surface area contributed by atoms with Gasteiger partial charge in [-0.3, -0.25) is 4.79 Å². The van der Waals surface area contributed by atoms with E-state index < -0.39 is 11.5 Å². The molecule has 0 atom stereocenters. The van der Waals surface area contributed by atoms with Crippen molar-refractivity contribution in [3.8, 4) is 16.9 Å². The van der Waals surface area contributed by atoms with Crippen molar-refractivity contribution < 1.29 is 14.6 Å². The molecule has 2 rings (SSSR count). The number of ether oxygens (including phenoxy) is 1. The minimum Gasteiger partial charge on any atom is -0.497 e. The van der Waals surface area contributed by atoms with Gasteiger partial charge in [0.1, 0.15) is 11.3 Å². The number of pyridine rings is 1. The second-order valence-corrected chi connectivity index (χ2v) is 4.99. The molecule has 0 spiro atoms. The van der Waals surface area contributed by atoms with Crippen molar-refractivity contribution in [1.29, 1.82) is 0 Å². The number of aromatic nitrogens is 1. The van der Waals surface area contributed by atoms with Gasteiger partial charge < -0.3 is 14.4 Å². The van der Waals surface area contributed by atoms with Crippen LogP contribution < -0.4 is 10.3 Å². The summed E-state index contributed by atoms with van der Waals surface area (Å²) in [5.74, 6) is -0.599. The molecule has 22 heavy (non-hydrogen) atoms. The van der Waals surface area contributed by atoms with Crippen LogP contribution in [0.25, 0.3) is 11.1 Å². The summed E-state index contributed by atoms with van der Waals surface area (Å²) in [6.45, 7) is 2.54. The zero-order chi connectivity index (χ0) is 16.1. The molecule has 1 aromatic heterocycles. The molecule has 2 aromatic rings. The molecule has 1 heterocycles. The lowest BCUT2D eigenvalue weighted by molar-refractivity contribution is 0.0695. The average molecular weight is 301 g/mol. The fraction of sp³-hybridized carbons (Fsp3) is 0.294. The Balaban J connectivity index is 2.58. The van der Waals surface area contributed by atoms with E-state index in [1.54, 1.807) is 43.6 Å². The Kier molecular flexibility index (Phi) is 4.99. The third kappa shape index (κ3) is 3.19. The summed E-state index contributed by atoms with van der Waals surface area (Å²) in [6.07, 6.45) is 3.42. The molecule has 1 N–H and O–H groups in total. The van der Waals surface area contributed by atoms with Crippen LogP contribution in [0.1, 0.15) is 30.1 Å². The summed E-state index contributed by atoms with van der Waals surface area (Å²) in [6, 6.07) is 8.70. The number of unbranched alkanes of at least 4 members (excludes halogenated alkanes) is 1. The summed E-state index contributed by atoms with van der Waals surface area (Å²) in [7, 11) is 1.54. The minimum atomic E-state index is -1.21. The molecule has 5 nitrogen and oxygen atoms in total. The van der Waals surface area contributed by atoms with Crippen LogP contribution in [0.3, 0.4) is 0 Å². The highest BCUT2D eigenvalue weighted by Gasteiger charge is 2.18. The van der Waals surface area contributed by atoms with Gasteiger partial charge in [-0.2, -0.15) is 0 Å². The van der Waals surface area contributed by atoms with Gasteiger partial charge in [-0.25, -0.2) is 4.79 Å². The lowest BCUT2D eigenvalue weighted by Gasteiger charge is -2.11.